The molecule has 0 saturated heterocycles. The fourth-order valence-corrected chi connectivity index (χ4v) is 22.2. The minimum atomic E-state index is -0.148. The van der Waals surface area contributed by atoms with Crippen molar-refractivity contribution in [3.8, 4) is 44.5 Å². The number of benzene rings is 22. The Balaban J connectivity index is 0.000000135. The molecule has 24 rings (SSSR count). The van der Waals surface area contributed by atoms with Crippen molar-refractivity contribution in [2.45, 2.75) is 60.8 Å². The number of hydrogen-bond acceptors (Lipinski definition) is 6. The summed E-state index contributed by atoms with van der Waals surface area (Å²) in [5, 5.41) is 7.69. The summed E-state index contributed by atoms with van der Waals surface area (Å²) in [6, 6.07) is 185. The number of halogens is 3. The van der Waals surface area contributed by atoms with Gasteiger partial charge in [0.15, 0.2) is 0 Å². The Morgan fingerprint density at radius 1 is 0.162 bits per heavy atom. The number of rotatable bonds is 20. The van der Waals surface area contributed by atoms with Crippen LogP contribution >= 0.6 is 47.8 Å². The van der Waals surface area contributed by atoms with Crippen LogP contribution < -0.4 is 29.4 Å². The van der Waals surface area contributed by atoms with Crippen molar-refractivity contribution in [2.75, 3.05) is 29.4 Å². The summed E-state index contributed by atoms with van der Waals surface area (Å²) in [6.07, 6.45) is 0. The van der Waals surface area contributed by atoms with Crippen LogP contribution in [0.5, 0.6) is 0 Å². The minimum Gasteiger partial charge on any atom is -0.310 e. The second kappa shape index (κ2) is 41.3. The van der Waals surface area contributed by atoms with Gasteiger partial charge in [0.2, 0.25) is 0 Å². The topological polar surface area (TPSA) is 19.4 Å². The maximum atomic E-state index is 3.98. The zero-order valence-electron chi connectivity index (χ0n) is 77.4. The molecule has 692 valence electrons. The van der Waals surface area contributed by atoms with Gasteiger partial charge in [-0.05, 0) is 288 Å². The van der Waals surface area contributed by atoms with Gasteiger partial charge in [0.1, 0.15) is 0 Å². The lowest BCUT2D eigenvalue weighted by Gasteiger charge is -2.33. The van der Waals surface area contributed by atoms with Crippen LogP contribution in [0.25, 0.3) is 76.8 Å². The van der Waals surface area contributed by atoms with Gasteiger partial charge in [0.25, 0.3) is 0 Å². The Kier molecular flexibility index (Phi) is 27.6. The molecule has 2 aliphatic carbocycles. The van der Waals surface area contributed by atoms with E-state index in [1.165, 1.54) is 93.6 Å². The van der Waals surface area contributed by atoms with Gasteiger partial charge in [-0.3, -0.25) is 0 Å². The third-order valence-corrected chi connectivity index (χ3v) is 28.4. The lowest BCUT2D eigenvalue weighted by Crippen LogP contribution is -2.21. The van der Waals surface area contributed by atoms with E-state index in [9.17, 15) is 0 Å². The summed E-state index contributed by atoms with van der Waals surface area (Å²) in [5.41, 5.74) is 34.9. The largest absolute Gasteiger partial charge is 0.310 e. The van der Waals surface area contributed by atoms with Crippen molar-refractivity contribution in [3.63, 3.8) is 0 Å². The fourth-order valence-electron chi connectivity index (χ4n) is 20.8. The molecule has 9 heteroatoms. The molecule has 142 heavy (non-hydrogen) atoms. The van der Waals surface area contributed by atoms with Crippen molar-refractivity contribution in [1.82, 2.24) is 0 Å². The molecular weight excluding hydrogens is 1920 g/mol. The molecule has 0 unspecified atom stereocenters. The Labute approximate surface area is 861 Å². The number of hydrogen-bond donors (Lipinski definition) is 0. The lowest BCUT2D eigenvalue weighted by molar-refractivity contribution is 0.660. The molecule has 0 aromatic heterocycles. The van der Waals surface area contributed by atoms with E-state index < -0.39 is 0 Å². The Morgan fingerprint density at radius 2 is 0.451 bits per heavy atom. The lowest BCUT2D eigenvalue weighted by atomic mass is 9.81. The van der Waals surface area contributed by atoms with Gasteiger partial charge in [-0.25, -0.2) is 0 Å². The quantitative estimate of drug-likeness (QED) is 0.0704. The molecule has 0 saturated carbocycles. The summed E-state index contributed by atoms with van der Waals surface area (Å²) in [5.74, 6) is 0. The predicted octanol–water partition coefficient (Wildman–Crippen LogP) is 40.9. The van der Waals surface area contributed by atoms with Crippen molar-refractivity contribution >= 4 is 182 Å². The molecule has 0 aliphatic heterocycles. The number of anilines is 18. The molecule has 0 fully saturated rings. The van der Waals surface area contributed by atoms with Crippen LogP contribution in [0.2, 0.25) is 0 Å². The number of fused-ring (bicyclic) bond motifs is 6. The van der Waals surface area contributed by atoms with E-state index in [1.54, 1.807) is 0 Å². The van der Waals surface area contributed by atoms with E-state index in [0.29, 0.717) is 0 Å². The third kappa shape index (κ3) is 18.6. The fraction of sp³-hybridized carbons (Fsp3) is 0.0677. The van der Waals surface area contributed by atoms with E-state index in [0.717, 1.165) is 121 Å². The first-order valence-corrected chi connectivity index (χ1v) is 49.6. The Hall–Kier alpha value is -15.9. The molecule has 6 nitrogen and oxygen atoms in total. The molecule has 0 spiro atoms. The zero-order chi connectivity index (χ0) is 94.1. The SMILES string of the molecule is Brc1cc(N(c2ccccc2)c2ccccc2)cc(N(c2ccccc2)c2cc3ccc4cccc5ccc(c2)c3c45)c1.C.C.C.CC1(C)c2ccccc2-c2ccc(N(c3ccccc3)c3cc(Br)cc(N(c4ccccc4)c4ccc(-c5ccccc5)cc4-c4ccccc4)c3)cc21.CC1(C)c2ccccc2-c2cccc(N(c3ccccc3)c3cc(Br)cc(N(c4ccccc4)c4ccccc4)c3)c21. The second-order valence-electron chi connectivity index (χ2n) is 36.4. The van der Waals surface area contributed by atoms with E-state index >= 15 is 0 Å². The smallest absolute Gasteiger partial charge is 0.0540 e. The Morgan fingerprint density at radius 3 is 0.859 bits per heavy atom. The monoisotopic (exact) mass is 2030 g/mol. The maximum absolute atomic E-state index is 3.98. The molecule has 2 aliphatic rings. The minimum absolute atomic E-state index is 0. The summed E-state index contributed by atoms with van der Waals surface area (Å²) >= 11 is 11.8. The van der Waals surface area contributed by atoms with Crippen molar-refractivity contribution in [1.29, 1.82) is 0 Å². The van der Waals surface area contributed by atoms with Gasteiger partial charge in [-0.2, -0.15) is 0 Å². The molecule has 0 N–H and O–H groups in total. The van der Waals surface area contributed by atoms with Crippen LogP contribution in [0.4, 0.5) is 102 Å². The highest BCUT2D eigenvalue weighted by molar-refractivity contribution is 9.11. The van der Waals surface area contributed by atoms with Gasteiger partial charge in [0.05, 0.1) is 11.4 Å². The maximum Gasteiger partial charge on any atom is 0.0540 e. The molecule has 0 amide bonds. The van der Waals surface area contributed by atoms with Crippen LogP contribution in [0.1, 0.15) is 72.2 Å². The molecule has 22 aromatic rings. The van der Waals surface area contributed by atoms with E-state index in [1.807, 2.05) is 0 Å². The number of nitrogens with zero attached hydrogens (tertiary/aromatic N) is 6. The highest BCUT2D eigenvalue weighted by atomic mass is 79.9. The zero-order valence-corrected chi connectivity index (χ0v) is 82.1. The van der Waals surface area contributed by atoms with Crippen LogP contribution in [-0.4, -0.2) is 0 Å². The van der Waals surface area contributed by atoms with E-state index in [2.05, 4.69) is 621 Å². The Bertz CT molecular complexity index is 8020. The summed E-state index contributed by atoms with van der Waals surface area (Å²) in [7, 11) is 0. The average Bonchev–Trinajstić information content (AvgIpc) is 1.56. The van der Waals surface area contributed by atoms with Gasteiger partial charge < -0.3 is 29.4 Å². The van der Waals surface area contributed by atoms with Crippen LogP contribution in [0, 0.1) is 0 Å². The normalized spacial score (nSPS) is 12.0. The first-order valence-electron chi connectivity index (χ1n) is 47.2. The molecule has 0 bridgehead atoms. The van der Waals surface area contributed by atoms with E-state index in [-0.39, 0.29) is 33.1 Å². The first kappa shape index (κ1) is 95.1. The van der Waals surface area contributed by atoms with Crippen molar-refractivity contribution in [3.05, 3.63) is 551 Å². The summed E-state index contributed by atoms with van der Waals surface area (Å²) in [6.45, 7) is 9.39. The highest BCUT2D eigenvalue weighted by Crippen LogP contribution is 2.57. The summed E-state index contributed by atoms with van der Waals surface area (Å²) in [4.78, 5) is 14.2. The van der Waals surface area contributed by atoms with Crippen LogP contribution in [-0.2, 0) is 10.8 Å². The van der Waals surface area contributed by atoms with Gasteiger partial charge in [0, 0.05) is 121 Å². The molecule has 0 radical (unpaired) electrons. The molecule has 22 aromatic carbocycles. The van der Waals surface area contributed by atoms with Gasteiger partial charge >= 0.3 is 0 Å². The standard InChI is InChI=1S/C51H39BrN2.C40H27BrN2.C39H31BrN2.3CH4/c1-51(2)48-26-16-15-25-45(48)46-29-28-42(35-49(46)51)53(40-21-11-5-12-22-40)43-32-39(52)33-44(34-43)54(41-23-13-6-14-24-41)50-30-27-38(36-17-7-3-8-18-36)31-47(50)37-19-9-4-10-20-37;41-32-25-37(42(33-13-4-1-5-14-33)34-15-6-2-7-16-34)27-38(26-32)43(35-17-8-3-9-18-35)36-23-30-21-19-28-11-10-12-29-20-22-31(24-36)40(30)39(28)29;1-39(2)36-23-13-12-21-34(36)35-22-14-24-37(38(35)39)42(31-19-10-5-11-20-31)33-26-28(40)25-32(27-33)41(29-15-6-3-7-16-29)30-17-8-4-9-18-30;;;/h3-35H,1-2H3;1-27H;3-27H,1-2H3;3*1H4. The third-order valence-electron chi connectivity index (χ3n) is 27.0. The predicted molar refractivity (Wildman–Crippen MR) is 620 cm³/mol. The highest BCUT2D eigenvalue weighted by Gasteiger charge is 2.40. The molecule has 0 heterocycles. The average molecular weight is 2030 g/mol. The van der Waals surface area contributed by atoms with Crippen LogP contribution in [0.3, 0.4) is 0 Å². The summed E-state index contributed by atoms with van der Waals surface area (Å²) < 4.78 is 3.02. The number of para-hydroxylation sites is 8. The second-order valence-corrected chi connectivity index (χ2v) is 39.2. The van der Waals surface area contributed by atoms with E-state index in [4.69, 9.17) is 0 Å². The van der Waals surface area contributed by atoms with Crippen molar-refractivity contribution in [2.24, 2.45) is 0 Å². The van der Waals surface area contributed by atoms with Gasteiger partial charge in [-0.1, -0.05) is 419 Å². The van der Waals surface area contributed by atoms with Crippen molar-refractivity contribution < 1.29 is 0 Å². The van der Waals surface area contributed by atoms with Crippen LogP contribution in [0.15, 0.2) is 529 Å². The first-order chi connectivity index (χ1) is 68.2. The molecule has 0 atom stereocenters. The van der Waals surface area contributed by atoms with Gasteiger partial charge in [-0.15, -0.1) is 0 Å². The molecular formula is C133H109Br3N6.